The first kappa shape index (κ1) is 10.5. The molecule has 0 bridgehead atoms. The highest BCUT2D eigenvalue weighted by molar-refractivity contribution is 9.10. The standard InChI is InChI=1S/C11H12BrNO2/c1-6-4-8(12)7(2)10-11(6)15-5-9(14)13(10)3/h4H,5H2,1-3H3. The Bertz CT molecular complexity index is 443. The Morgan fingerprint density at radius 3 is 2.80 bits per heavy atom. The van der Waals surface area contributed by atoms with Crippen LogP contribution < -0.4 is 9.64 Å². The summed E-state index contributed by atoms with van der Waals surface area (Å²) < 4.78 is 6.46. The summed E-state index contributed by atoms with van der Waals surface area (Å²) in [6.07, 6.45) is 0. The van der Waals surface area contributed by atoms with E-state index in [-0.39, 0.29) is 12.5 Å². The van der Waals surface area contributed by atoms with Crippen LogP contribution in [0.1, 0.15) is 11.1 Å². The Morgan fingerprint density at radius 1 is 1.47 bits per heavy atom. The highest BCUT2D eigenvalue weighted by Gasteiger charge is 2.26. The van der Waals surface area contributed by atoms with Crippen LogP contribution in [-0.4, -0.2) is 19.6 Å². The van der Waals surface area contributed by atoms with E-state index in [0.29, 0.717) is 0 Å². The van der Waals surface area contributed by atoms with Crippen molar-refractivity contribution in [2.45, 2.75) is 13.8 Å². The van der Waals surface area contributed by atoms with Crippen molar-refractivity contribution in [2.24, 2.45) is 0 Å². The van der Waals surface area contributed by atoms with Crippen LogP contribution in [0.3, 0.4) is 0 Å². The SMILES string of the molecule is Cc1cc(Br)c(C)c2c1OCC(=O)N2C. The number of amides is 1. The Balaban J connectivity index is 2.70. The largest absolute Gasteiger partial charge is 0.481 e. The summed E-state index contributed by atoms with van der Waals surface area (Å²) in [7, 11) is 1.78. The normalized spacial score (nSPS) is 14.9. The van der Waals surface area contributed by atoms with Crippen molar-refractivity contribution in [1.29, 1.82) is 0 Å². The fourth-order valence-corrected chi connectivity index (χ4v) is 2.31. The molecular formula is C11H12BrNO2. The van der Waals surface area contributed by atoms with Crippen LogP contribution in [0.15, 0.2) is 10.5 Å². The van der Waals surface area contributed by atoms with Crippen molar-refractivity contribution in [2.75, 3.05) is 18.6 Å². The summed E-state index contributed by atoms with van der Waals surface area (Å²) in [5.41, 5.74) is 2.95. The highest BCUT2D eigenvalue weighted by Crippen LogP contribution is 2.40. The summed E-state index contributed by atoms with van der Waals surface area (Å²) in [6.45, 7) is 4.08. The maximum atomic E-state index is 11.5. The van der Waals surface area contributed by atoms with E-state index in [1.54, 1.807) is 11.9 Å². The molecule has 0 saturated heterocycles. The molecule has 1 aliphatic heterocycles. The lowest BCUT2D eigenvalue weighted by molar-refractivity contribution is -0.121. The summed E-state index contributed by atoms with van der Waals surface area (Å²) in [6, 6.07) is 2.01. The lowest BCUT2D eigenvalue weighted by Gasteiger charge is -2.29. The lowest BCUT2D eigenvalue weighted by atomic mass is 10.1. The first-order valence-corrected chi connectivity index (χ1v) is 5.50. The Kier molecular flexibility index (Phi) is 2.46. The number of carbonyl (C=O) groups is 1. The summed E-state index contributed by atoms with van der Waals surface area (Å²) >= 11 is 3.48. The maximum Gasteiger partial charge on any atom is 0.264 e. The van der Waals surface area contributed by atoms with Crippen LogP contribution in [0.4, 0.5) is 5.69 Å². The first-order valence-electron chi connectivity index (χ1n) is 4.71. The van der Waals surface area contributed by atoms with Crippen LogP contribution in [-0.2, 0) is 4.79 Å². The number of rotatable bonds is 0. The van der Waals surface area contributed by atoms with E-state index in [9.17, 15) is 4.79 Å². The number of hydrogen-bond donors (Lipinski definition) is 0. The molecule has 0 N–H and O–H groups in total. The van der Waals surface area contributed by atoms with Crippen LogP contribution in [0, 0.1) is 13.8 Å². The van der Waals surface area contributed by atoms with Gasteiger partial charge in [-0.05, 0) is 31.0 Å². The Labute approximate surface area is 97.2 Å². The number of likely N-dealkylation sites (N-methyl/N-ethyl adjacent to an activating group) is 1. The van der Waals surface area contributed by atoms with Gasteiger partial charge in [-0.25, -0.2) is 0 Å². The zero-order chi connectivity index (χ0) is 11.2. The second kappa shape index (κ2) is 3.52. The minimum absolute atomic E-state index is 0.0110. The molecule has 0 radical (unpaired) electrons. The van der Waals surface area contributed by atoms with Gasteiger partial charge < -0.3 is 9.64 Å². The molecule has 0 fully saturated rings. The molecule has 0 saturated carbocycles. The third-order valence-corrected chi connectivity index (χ3v) is 3.50. The molecule has 80 valence electrons. The number of fused-ring (bicyclic) bond motifs is 1. The van der Waals surface area contributed by atoms with Gasteiger partial charge in [-0.15, -0.1) is 0 Å². The topological polar surface area (TPSA) is 29.5 Å². The van der Waals surface area contributed by atoms with Gasteiger partial charge in [0.1, 0.15) is 5.75 Å². The van der Waals surface area contributed by atoms with Gasteiger partial charge in [0.25, 0.3) is 5.91 Å². The van der Waals surface area contributed by atoms with E-state index in [0.717, 1.165) is 27.0 Å². The quantitative estimate of drug-likeness (QED) is 0.724. The Hall–Kier alpha value is -1.03. The monoisotopic (exact) mass is 269 g/mol. The summed E-state index contributed by atoms with van der Waals surface area (Å²) in [4.78, 5) is 13.2. The molecule has 0 aromatic heterocycles. The second-order valence-corrected chi connectivity index (χ2v) is 4.57. The van der Waals surface area contributed by atoms with E-state index < -0.39 is 0 Å². The van der Waals surface area contributed by atoms with Gasteiger partial charge in [0, 0.05) is 11.5 Å². The van der Waals surface area contributed by atoms with Crippen LogP contribution in [0.2, 0.25) is 0 Å². The molecule has 1 aliphatic rings. The number of carbonyl (C=O) groups excluding carboxylic acids is 1. The second-order valence-electron chi connectivity index (χ2n) is 3.72. The molecule has 15 heavy (non-hydrogen) atoms. The fraction of sp³-hybridized carbons (Fsp3) is 0.364. The minimum atomic E-state index is -0.0110. The number of ether oxygens (including phenoxy) is 1. The maximum absolute atomic E-state index is 11.5. The number of aryl methyl sites for hydroxylation is 1. The molecule has 1 amide bonds. The fourth-order valence-electron chi connectivity index (χ4n) is 1.78. The van der Waals surface area contributed by atoms with E-state index >= 15 is 0 Å². The van der Waals surface area contributed by atoms with Crippen molar-refractivity contribution in [3.63, 3.8) is 0 Å². The number of anilines is 1. The minimum Gasteiger partial charge on any atom is -0.481 e. The third kappa shape index (κ3) is 1.53. The average Bonchev–Trinajstić information content (AvgIpc) is 2.19. The smallest absolute Gasteiger partial charge is 0.264 e. The molecule has 1 aromatic rings. The molecule has 4 heteroatoms. The number of hydrogen-bond acceptors (Lipinski definition) is 2. The van der Waals surface area contributed by atoms with E-state index in [1.165, 1.54) is 0 Å². The van der Waals surface area contributed by atoms with Crippen molar-refractivity contribution in [1.82, 2.24) is 0 Å². The summed E-state index contributed by atoms with van der Waals surface area (Å²) in [5, 5.41) is 0. The van der Waals surface area contributed by atoms with Gasteiger partial charge >= 0.3 is 0 Å². The third-order valence-electron chi connectivity index (χ3n) is 2.68. The predicted molar refractivity (Wildman–Crippen MR) is 62.5 cm³/mol. The van der Waals surface area contributed by atoms with Gasteiger partial charge in [-0.2, -0.15) is 0 Å². The molecule has 2 rings (SSSR count). The van der Waals surface area contributed by atoms with Gasteiger partial charge in [0.15, 0.2) is 6.61 Å². The average molecular weight is 270 g/mol. The van der Waals surface area contributed by atoms with Crippen LogP contribution >= 0.6 is 15.9 Å². The van der Waals surface area contributed by atoms with E-state index in [1.807, 2.05) is 19.9 Å². The van der Waals surface area contributed by atoms with Crippen LogP contribution in [0.5, 0.6) is 5.75 Å². The first-order chi connectivity index (χ1) is 7.02. The van der Waals surface area contributed by atoms with Gasteiger partial charge in [0.05, 0.1) is 5.69 Å². The molecule has 1 heterocycles. The number of nitrogens with zero attached hydrogens (tertiary/aromatic N) is 1. The zero-order valence-electron chi connectivity index (χ0n) is 8.93. The van der Waals surface area contributed by atoms with Gasteiger partial charge in [0.2, 0.25) is 0 Å². The van der Waals surface area contributed by atoms with E-state index in [2.05, 4.69) is 15.9 Å². The summed E-state index contributed by atoms with van der Waals surface area (Å²) in [5.74, 6) is 0.806. The van der Waals surface area contributed by atoms with Crippen molar-refractivity contribution in [3.05, 3.63) is 21.7 Å². The molecule has 3 nitrogen and oxygen atoms in total. The number of halogens is 1. The van der Waals surface area contributed by atoms with Crippen molar-refractivity contribution in [3.8, 4) is 5.75 Å². The molecule has 0 aliphatic carbocycles. The molecule has 0 spiro atoms. The van der Waals surface area contributed by atoms with Gasteiger partial charge in [-0.1, -0.05) is 15.9 Å². The molecule has 1 aromatic carbocycles. The lowest BCUT2D eigenvalue weighted by Crippen LogP contribution is -2.36. The van der Waals surface area contributed by atoms with Crippen molar-refractivity contribution < 1.29 is 9.53 Å². The van der Waals surface area contributed by atoms with Crippen molar-refractivity contribution >= 4 is 27.5 Å². The zero-order valence-corrected chi connectivity index (χ0v) is 10.5. The number of benzene rings is 1. The Morgan fingerprint density at radius 2 is 2.13 bits per heavy atom. The van der Waals surface area contributed by atoms with E-state index in [4.69, 9.17) is 4.74 Å². The van der Waals surface area contributed by atoms with Crippen LogP contribution in [0.25, 0.3) is 0 Å². The highest BCUT2D eigenvalue weighted by atomic mass is 79.9. The molecule has 0 atom stereocenters. The predicted octanol–water partition coefficient (Wildman–Crippen LogP) is 2.42. The molecular weight excluding hydrogens is 258 g/mol. The molecule has 0 unspecified atom stereocenters. The van der Waals surface area contributed by atoms with Gasteiger partial charge in [-0.3, -0.25) is 4.79 Å².